The van der Waals surface area contributed by atoms with Crippen LogP contribution in [0.5, 0.6) is 0 Å². The first-order chi connectivity index (χ1) is 15.0. The Kier molecular flexibility index (Phi) is 6.35. The van der Waals surface area contributed by atoms with Gasteiger partial charge in [0, 0.05) is 23.0 Å². The number of anilines is 1. The molecule has 0 aliphatic carbocycles. The number of carbonyl (C=O) groups is 1. The van der Waals surface area contributed by atoms with E-state index in [1.165, 1.54) is 35.2 Å². The van der Waals surface area contributed by atoms with Crippen LogP contribution >= 0.6 is 23.1 Å². The molecule has 0 bridgehead atoms. The zero-order chi connectivity index (χ0) is 21.8. The Morgan fingerprint density at radius 1 is 1.29 bits per heavy atom. The summed E-state index contributed by atoms with van der Waals surface area (Å²) in [5.74, 6) is -0.122. The highest BCUT2D eigenvalue weighted by molar-refractivity contribution is 8.01. The summed E-state index contributed by atoms with van der Waals surface area (Å²) in [6.45, 7) is 1.86. The van der Waals surface area contributed by atoms with Gasteiger partial charge in [0.05, 0.1) is 21.7 Å². The van der Waals surface area contributed by atoms with E-state index in [4.69, 9.17) is 5.26 Å². The van der Waals surface area contributed by atoms with Crippen LogP contribution in [0.4, 0.5) is 9.52 Å². The highest BCUT2D eigenvalue weighted by Crippen LogP contribution is 2.33. The van der Waals surface area contributed by atoms with E-state index >= 15 is 0 Å². The Morgan fingerprint density at radius 3 is 2.87 bits per heavy atom. The van der Waals surface area contributed by atoms with E-state index in [0.29, 0.717) is 17.3 Å². The molecule has 4 rings (SSSR count). The van der Waals surface area contributed by atoms with Gasteiger partial charge < -0.3 is 10.3 Å². The summed E-state index contributed by atoms with van der Waals surface area (Å²) >= 11 is 2.78. The molecule has 31 heavy (non-hydrogen) atoms. The smallest absolute Gasteiger partial charge is 0.226 e. The molecule has 0 saturated carbocycles. The first-order valence-electron chi connectivity index (χ1n) is 9.67. The SMILES string of the molecule is Cc1nc(NC(=O)CCc2c(-c3ccccc3)[nH]c3ccc(F)cc23)sc1SCC#N. The van der Waals surface area contributed by atoms with Crippen LogP contribution in [0, 0.1) is 24.1 Å². The van der Waals surface area contributed by atoms with Crippen molar-refractivity contribution in [3.63, 3.8) is 0 Å². The number of hydrogen-bond donors (Lipinski definition) is 2. The normalized spacial score (nSPS) is 10.9. The van der Waals surface area contributed by atoms with Crippen molar-refractivity contribution < 1.29 is 9.18 Å². The average Bonchev–Trinajstić information content (AvgIpc) is 3.30. The number of nitrogens with one attached hydrogen (secondary N) is 2. The molecular weight excluding hydrogens is 431 g/mol. The van der Waals surface area contributed by atoms with Crippen molar-refractivity contribution in [2.75, 3.05) is 11.1 Å². The molecule has 0 fully saturated rings. The van der Waals surface area contributed by atoms with Crippen LogP contribution in [0.25, 0.3) is 22.2 Å². The number of fused-ring (bicyclic) bond motifs is 1. The number of nitriles is 1. The molecule has 0 spiro atoms. The summed E-state index contributed by atoms with van der Waals surface area (Å²) in [4.78, 5) is 20.4. The number of H-pyrrole nitrogens is 1. The van der Waals surface area contributed by atoms with Crippen molar-refractivity contribution >= 4 is 45.0 Å². The first-order valence-corrected chi connectivity index (χ1v) is 11.5. The Morgan fingerprint density at radius 2 is 2.10 bits per heavy atom. The number of hydrogen-bond acceptors (Lipinski definition) is 5. The summed E-state index contributed by atoms with van der Waals surface area (Å²) in [7, 11) is 0. The van der Waals surface area contributed by atoms with E-state index < -0.39 is 0 Å². The summed E-state index contributed by atoms with van der Waals surface area (Å²) in [5, 5.41) is 12.9. The molecule has 5 nitrogen and oxygen atoms in total. The number of aryl methyl sites for hydroxylation is 2. The first kappa shape index (κ1) is 21.1. The van der Waals surface area contributed by atoms with Crippen molar-refractivity contribution in [2.24, 2.45) is 0 Å². The maximum absolute atomic E-state index is 13.9. The maximum Gasteiger partial charge on any atom is 0.226 e. The second-order valence-corrected chi connectivity index (χ2v) is 9.16. The van der Waals surface area contributed by atoms with Crippen LogP contribution in [0.2, 0.25) is 0 Å². The van der Waals surface area contributed by atoms with Gasteiger partial charge in [-0.25, -0.2) is 9.37 Å². The zero-order valence-electron chi connectivity index (χ0n) is 16.7. The number of benzene rings is 2. The van der Waals surface area contributed by atoms with Crippen molar-refractivity contribution in [3.8, 4) is 17.3 Å². The van der Waals surface area contributed by atoms with E-state index in [1.54, 1.807) is 6.07 Å². The predicted molar refractivity (Wildman–Crippen MR) is 124 cm³/mol. The number of thiazole rings is 1. The standard InChI is InChI=1S/C23H19FN4OS2/c1-14-22(30-12-11-25)31-23(26-14)28-20(29)10-8-17-18-13-16(24)7-9-19(18)27-21(17)15-5-3-2-4-6-15/h2-7,9,13,27H,8,10,12H2,1H3,(H,26,28,29). The Hall–Kier alpha value is -3.15. The van der Waals surface area contributed by atoms with Crippen LogP contribution in [0.3, 0.4) is 0 Å². The van der Waals surface area contributed by atoms with Gasteiger partial charge in [-0.05, 0) is 42.7 Å². The van der Waals surface area contributed by atoms with E-state index in [-0.39, 0.29) is 18.1 Å². The van der Waals surface area contributed by atoms with Gasteiger partial charge in [0.1, 0.15) is 5.82 Å². The molecule has 2 aromatic heterocycles. The fourth-order valence-corrected chi connectivity index (χ4v) is 5.23. The van der Waals surface area contributed by atoms with Crippen molar-refractivity contribution in [3.05, 3.63) is 65.6 Å². The molecule has 0 saturated heterocycles. The molecule has 2 N–H and O–H groups in total. The summed E-state index contributed by atoms with van der Waals surface area (Å²) in [5.41, 5.74) is 4.44. The van der Waals surface area contributed by atoms with Crippen LogP contribution in [-0.2, 0) is 11.2 Å². The molecule has 0 radical (unpaired) electrons. The molecule has 0 aliphatic rings. The van der Waals surface area contributed by atoms with Crippen LogP contribution < -0.4 is 5.32 Å². The third-order valence-electron chi connectivity index (χ3n) is 4.80. The van der Waals surface area contributed by atoms with Crippen LogP contribution in [0.15, 0.2) is 52.7 Å². The van der Waals surface area contributed by atoms with Crippen LogP contribution in [-0.4, -0.2) is 21.6 Å². The quantitative estimate of drug-likeness (QED) is 0.342. The minimum atomic E-state index is -0.308. The average molecular weight is 451 g/mol. The molecule has 156 valence electrons. The second-order valence-electron chi connectivity index (χ2n) is 6.92. The van der Waals surface area contributed by atoms with Crippen molar-refractivity contribution in [1.82, 2.24) is 9.97 Å². The fraction of sp³-hybridized carbons (Fsp3) is 0.174. The topological polar surface area (TPSA) is 81.6 Å². The molecule has 2 aromatic carbocycles. The lowest BCUT2D eigenvalue weighted by Crippen LogP contribution is -2.12. The van der Waals surface area contributed by atoms with E-state index in [0.717, 1.165) is 37.6 Å². The van der Waals surface area contributed by atoms with E-state index in [9.17, 15) is 9.18 Å². The van der Waals surface area contributed by atoms with Gasteiger partial charge in [-0.1, -0.05) is 53.4 Å². The summed E-state index contributed by atoms with van der Waals surface area (Å²) in [6, 6.07) is 16.6. The Labute approximate surface area is 187 Å². The summed E-state index contributed by atoms with van der Waals surface area (Å²) < 4.78 is 14.8. The predicted octanol–water partition coefficient (Wildman–Crippen LogP) is 5.93. The van der Waals surface area contributed by atoms with Gasteiger partial charge in [0.15, 0.2) is 5.13 Å². The third kappa shape index (κ3) is 4.79. The molecule has 4 aromatic rings. The van der Waals surface area contributed by atoms with Crippen LogP contribution in [0.1, 0.15) is 17.7 Å². The third-order valence-corrected chi connectivity index (χ3v) is 7.10. The Balaban J connectivity index is 1.54. The monoisotopic (exact) mass is 450 g/mol. The minimum absolute atomic E-state index is 0.157. The highest BCUT2D eigenvalue weighted by atomic mass is 32.2. The fourth-order valence-electron chi connectivity index (χ4n) is 3.42. The van der Waals surface area contributed by atoms with Crippen molar-refractivity contribution in [2.45, 2.75) is 24.0 Å². The molecule has 2 heterocycles. The molecule has 1 amide bonds. The molecule has 0 atom stereocenters. The number of aromatic amines is 1. The summed E-state index contributed by atoms with van der Waals surface area (Å²) in [6.07, 6.45) is 0.697. The van der Waals surface area contributed by atoms with Gasteiger partial charge in [-0.15, -0.1) is 0 Å². The number of aromatic nitrogens is 2. The lowest BCUT2D eigenvalue weighted by atomic mass is 10.0. The second kappa shape index (κ2) is 9.33. The van der Waals surface area contributed by atoms with Gasteiger partial charge >= 0.3 is 0 Å². The van der Waals surface area contributed by atoms with Gasteiger partial charge in [-0.3, -0.25) is 4.79 Å². The number of thioether (sulfide) groups is 1. The number of halogens is 1. The lowest BCUT2D eigenvalue weighted by molar-refractivity contribution is -0.116. The molecular formula is C23H19FN4OS2. The highest BCUT2D eigenvalue weighted by Gasteiger charge is 2.16. The Bertz CT molecular complexity index is 1270. The minimum Gasteiger partial charge on any atom is -0.354 e. The van der Waals surface area contributed by atoms with E-state index in [1.807, 2.05) is 37.3 Å². The number of carbonyl (C=O) groups excluding carboxylic acids is 1. The van der Waals surface area contributed by atoms with Gasteiger partial charge in [0.25, 0.3) is 0 Å². The van der Waals surface area contributed by atoms with Crippen molar-refractivity contribution in [1.29, 1.82) is 5.26 Å². The number of nitrogens with zero attached hydrogens (tertiary/aromatic N) is 2. The molecule has 0 unspecified atom stereocenters. The zero-order valence-corrected chi connectivity index (χ0v) is 18.4. The number of amides is 1. The van der Waals surface area contributed by atoms with E-state index in [2.05, 4.69) is 21.4 Å². The molecule has 0 aliphatic heterocycles. The molecule has 8 heteroatoms. The van der Waals surface area contributed by atoms with Gasteiger partial charge in [0.2, 0.25) is 5.91 Å². The number of rotatable bonds is 7. The maximum atomic E-state index is 13.9. The van der Waals surface area contributed by atoms with Gasteiger partial charge in [-0.2, -0.15) is 5.26 Å². The largest absolute Gasteiger partial charge is 0.354 e. The lowest BCUT2D eigenvalue weighted by Gasteiger charge is -2.06.